The third-order valence-electron chi connectivity index (χ3n) is 2.54. The molecule has 0 spiro atoms. The summed E-state index contributed by atoms with van der Waals surface area (Å²) in [6.45, 7) is 6.21. The van der Waals surface area contributed by atoms with Crippen molar-refractivity contribution in [2.75, 3.05) is 13.2 Å². The predicted molar refractivity (Wildman–Crippen MR) is 60.0 cm³/mol. The molecule has 0 aromatic rings. The minimum absolute atomic E-state index is 0.0464. The molecule has 1 N–H and O–H groups in total. The van der Waals surface area contributed by atoms with E-state index in [1.807, 2.05) is 20.8 Å². The van der Waals surface area contributed by atoms with Gasteiger partial charge in [-0.2, -0.15) is 0 Å². The first kappa shape index (κ1) is 13.5. The van der Waals surface area contributed by atoms with Crippen LogP contribution in [-0.4, -0.2) is 36.0 Å². The summed E-state index contributed by atoms with van der Waals surface area (Å²) in [6, 6.07) is 0. The number of esters is 1. The lowest BCUT2D eigenvalue weighted by molar-refractivity contribution is -0.157. The zero-order chi connectivity index (χ0) is 12.2. The van der Waals surface area contributed by atoms with Crippen molar-refractivity contribution >= 4 is 5.97 Å². The Kier molecular flexibility index (Phi) is 4.74. The minimum atomic E-state index is -0.416. The van der Waals surface area contributed by atoms with Gasteiger partial charge < -0.3 is 14.6 Å². The fourth-order valence-electron chi connectivity index (χ4n) is 1.78. The van der Waals surface area contributed by atoms with Crippen LogP contribution in [0.1, 0.15) is 40.0 Å². The van der Waals surface area contributed by atoms with Crippen LogP contribution in [-0.2, 0) is 14.3 Å². The van der Waals surface area contributed by atoms with Crippen LogP contribution >= 0.6 is 0 Å². The average molecular weight is 230 g/mol. The van der Waals surface area contributed by atoms with Crippen LogP contribution in [0.5, 0.6) is 0 Å². The summed E-state index contributed by atoms with van der Waals surface area (Å²) >= 11 is 0. The van der Waals surface area contributed by atoms with Crippen molar-refractivity contribution in [3.63, 3.8) is 0 Å². The van der Waals surface area contributed by atoms with Gasteiger partial charge in [-0.3, -0.25) is 4.79 Å². The molecule has 4 nitrogen and oxygen atoms in total. The molecule has 4 heteroatoms. The molecule has 1 aliphatic heterocycles. The lowest BCUT2D eigenvalue weighted by Crippen LogP contribution is -2.31. The Morgan fingerprint density at radius 2 is 2.12 bits per heavy atom. The van der Waals surface area contributed by atoms with Gasteiger partial charge in [0.2, 0.25) is 0 Å². The third-order valence-corrected chi connectivity index (χ3v) is 2.54. The molecule has 1 fully saturated rings. The molecular weight excluding hydrogens is 208 g/mol. The van der Waals surface area contributed by atoms with Gasteiger partial charge >= 0.3 is 5.97 Å². The number of carbonyl (C=O) groups excluding carboxylic acids is 1. The second-order valence-electron chi connectivity index (χ2n) is 5.37. The molecule has 0 aromatic carbocycles. The normalized spacial score (nSPS) is 26.5. The van der Waals surface area contributed by atoms with E-state index in [4.69, 9.17) is 14.6 Å². The summed E-state index contributed by atoms with van der Waals surface area (Å²) in [7, 11) is 0. The summed E-state index contributed by atoms with van der Waals surface area (Å²) in [4.78, 5) is 11.6. The molecule has 0 aromatic heterocycles. The molecule has 16 heavy (non-hydrogen) atoms. The van der Waals surface area contributed by atoms with E-state index in [1.54, 1.807) is 0 Å². The van der Waals surface area contributed by atoms with Gasteiger partial charge in [0.1, 0.15) is 5.60 Å². The van der Waals surface area contributed by atoms with Crippen LogP contribution < -0.4 is 0 Å². The second-order valence-corrected chi connectivity index (χ2v) is 5.37. The van der Waals surface area contributed by atoms with E-state index in [0.717, 1.165) is 12.8 Å². The first-order chi connectivity index (χ1) is 7.40. The van der Waals surface area contributed by atoms with Crippen molar-refractivity contribution in [3.05, 3.63) is 0 Å². The highest BCUT2D eigenvalue weighted by Crippen LogP contribution is 2.22. The summed E-state index contributed by atoms with van der Waals surface area (Å²) < 4.78 is 10.7. The first-order valence-corrected chi connectivity index (χ1v) is 5.85. The quantitative estimate of drug-likeness (QED) is 0.747. The van der Waals surface area contributed by atoms with Crippen molar-refractivity contribution in [2.24, 2.45) is 5.92 Å². The SMILES string of the molecule is CC(C)(C)OC(=O)C[C@@H]1CC[C@@H](CO)OC1. The van der Waals surface area contributed by atoms with E-state index < -0.39 is 5.60 Å². The molecule has 1 rings (SSSR count). The van der Waals surface area contributed by atoms with E-state index in [1.165, 1.54) is 0 Å². The minimum Gasteiger partial charge on any atom is -0.460 e. The van der Waals surface area contributed by atoms with Gasteiger partial charge in [-0.05, 0) is 39.5 Å². The van der Waals surface area contributed by atoms with Crippen LogP contribution in [0.25, 0.3) is 0 Å². The van der Waals surface area contributed by atoms with Gasteiger partial charge in [0.15, 0.2) is 0 Å². The Morgan fingerprint density at radius 3 is 2.56 bits per heavy atom. The van der Waals surface area contributed by atoms with Gasteiger partial charge in [-0.1, -0.05) is 0 Å². The Morgan fingerprint density at radius 1 is 1.44 bits per heavy atom. The van der Waals surface area contributed by atoms with Gasteiger partial charge in [-0.15, -0.1) is 0 Å². The third kappa shape index (κ3) is 4.94. The van der Waals surface area contributed by atoms with Crippen LogP contribution in [0.4, 0.5) is 0 Å². The van der Waals surface area contributed by atoms with Crippen molar-refractivity contribution in [1.82, 2.24) is 0 Å². The monoisotopic (exact) mass is 230 g/mol. The van der Waals surface area contributed by atoms with E-state index in [2.05, 4.69) is 0 Å². The highest BCUT2D eigenvalue weighted by Gasteiger charge is 2.25. The maximum Gasteiger partial charge on any atom is 0.306 e. The zero-order valence-corrected chi connectivity index (χ0v) is 10.4. The number of ether oxygens (including phenoxy) is 2. The van der Waals surface area contributed by atoms with Crippen LogP contribution in [0.15, 0.2) is 0 Å². The smallest absolute Gasteiger partial charge is 0.306 e. The summed E-state index contributed by atoms with van der Waals surface area (Å²) in [5.74, 6) is 0.0706. The number of carbonyl (C=O) groups is 1. The fraction of sp³-hybridized carbons (Fsp3) is 0.917. The largest absolute Gasteiger partial charge is 0.460 e. The number of rotatable bonds is 3. The Labute approximate surface area is 96.9 Å². The molecule has 1 saturated heterocycles. The Hall–Kier alpha value is -0.610. The number of hydrogen-bond acceptors (Lipinski definition) is 4. The Balaban J connectivity index is 2.26. The fourth-order valence-corrected chi connectivity index (χ4v) is 1.78. The van der Waals surface area contributed by atoms with E-state index in [9.17, 15) is 4.79 Å². The number of aliphatic hydroxyl groups is 1. The van der Waals surface area contributed by atoms with Crippen LogP contribution in [0.3, 0.4) is 0 Å². The van der Waals surface area contributed by atoms with Crippen LogP contribution in [0, 0.1) is 5.92 Å². The summed E-state index contributed by atoms with van der Waals surface area (Å²) in [6.07, 6.45) is 2.11. The van der Waals surface area contributed by atoms with Crippen molar-refractivity contribution in [2.45, 2.75) is 51.7 Å². The molecule has 0 unspecified atom stereocenters. The standard InChI is InChI=1S/C12H22O4/c1-12(2,3)16-11(14)6-9-4-5-10(7-13)15-8-9/h9-10,13H,4-8H2,1-3H3/t9-,10-/m0/s1. The molecular formula is C12H22O4. The maximum atomic E-state index is 11.6. The second kappa shape index (κ2) is 5.64. The zero-order valence-electron chi connectivity index (χ0n) is 10.4. The van der Waals surface area contributed by atoms with E-state index in [-0.39, 0.29) is 24.6 Å². The predicted octanol–water partition coefficient (Wildman–Crippen LogP) is 1.51. The number of hydrogen-bond donors (Lipinski definition) is 1. The van der Waals surface area contributed by atoms with Crippen molar-refractivity contribution < 1.29 is 19.4 Å². The van der Waals surface area contributed by atoms with Crippen LogP contribution in [0.2, 0.25) is 0 Å². The number of aliphatic hydroxyl groups excluding tert-OH is 1. The Bertz CT molecular complexity index is 224. The molecule has 1 aliphatic rings. The summed E-state index contributed by atoms with van der Waals surface area (Å²) in [5.41, 5.74) is -0.416. The lowest BCUT2D eigenvalue weighted by Gasteiger charge is -2.28. The van der Waals surface area contributed by atoms with Gasteiger partial charge in [0.05, 0.1) is 25.7 Å². The molecule has 0 bridgehead atoms. The molecule has 2 atom stereocenters. The first-order valence-electron chi connectivity index (χ1n) is 5.85. The highest BCUT2D eigenvalue weighted by molar-refractivity contribution is 5.70. The maximum absolute atomic E-state index is 11.6. The van der Waals surface area contributed by atoms with E-state index in [0.29, 0.717) is 13.0 Å². The summed E-state index contributed by atoms with van der Waals surface area (Å²) in [5, 5.41) is 8.90. The molecule has 0 aliphatic carbocycles. The van der Waals surface area contributed by atoms with E-state index >= 15 is 0 Å². The lowest BCUT2D eigenvalue weighted by atomic mass is 9.95. The van der Waals surface area contributed by atoms with Gasteiger partial charge in [-0.25, -0.2) is 0 Å². The van der Waals surface area contributed by atoms with Gasteiger partial charge in [0, 0.05) is 0 Å². The molecule has 1 heterocycles. The molecule has 0 amide bonds. The van der Waals surface area contributed by atoms with Gasteiger partial charge in [0.25, 0.3) is 0 Å². The molecule has 0 saturated carbocycles. The molecule has 94 valence electrons. The molecule has 0 radical (unpaired) electrons. The van der Waals surface area contributed by atoms with Crippen molar-refractivity contribution in [1.29, 1.82) is 0 Å². The highest BCUT2D eigenvalue weighted by atomic mass is 16.6. The average Bonchev–Trinajstić information content (AvgIpc) is 2.16. The van der Waals surface area contributed by atoms with Crippen molar-refractivity contribution in [3.8, 4) is 0 Å². The topological polar surface area (TPSA) is 55.8 Å².